The van der Waals surface area contributed by atoms with Crippen molar-refractivity contribution in [2.45, 2.75) is 45.9 Å². The van der Waals surface area contributed by atoms with Crippen LogP contribution in [-0.4, -0.2) is 36.8 Å². The number of hydrogen-bond donors (Lipinski definition) is 0. The smallest absolute Gasteiger partial charge is 0.265 e. The third-order valence-electron chi connectivity index (χ3n) is 5.29. The minimum Gasteiger partial charge on any atom is -0.376 e. The molecule has 1 aromatic carbocycles. The second-order valence-corrected chi connectivity index (χ2v) is 7.92. The van der Waals surface area contributed by atoms with Crippen LogP contribution in [0.15, 0.2) is 35.4 Å². The Kier molecular flexibility index (Phi) is 4.12. The largest absolute Gasteiger partial charge is 0.376 e. The van der Waals surface area contributed by atoms with Crippen molar-refractivity contribution in [3.8, 4) is 0 Å². The van der Waals surface area contributed by atoms with Crippen LogP contribution in [0, 0.1) is 5.92 Å². The normalized spacial score (nSPS) is 17.5. The van der Waals surface area contributed by atoms with Crippen molar-refractivity contribution in [1.29, 1.82) is 0 Å². The van der Waals surface area contributed by atoms with Gasteiger partial charge in [-0.2, -0.15) is 0 Å². The van der Waals surface area contributed by atoms with Crippen LogP contribution in [0.2, 0.25) is 0 Å². The predicted molar refractivity (Wildman–Crippen MR) is 108 cm³/mol. The molecule has 0 N–H and O–H groups in total. The predicted octanol–water partition coefficient (Wildman–Crippen LogP) is 3.13. The van der Waals surface area contributed by atoms with Crippen LogP contribution in [-0.2, 0) is 17.8 Å². The highest BCUT2D eigenvalue weighted by molar-refractivity contribution is 6.04. The molecule has 144 valence electrons. The van der Waals surface area contributed by atoms with E-state index < -0.39 is 0 Å². The summed E-state index contributed by atoms with van der Waals surface area (Å²) in [6.07, 6.45) is 3.74. The fraction of sp³-hybridized carbons (Fsp3) is 0.429. The van der Waals surface area contributed by atoms with E-state index in [1.54, 1.807) is 10.9 Å². The molecule has 4 heterocycles. The van der Waals surface area contributed by atoms with E-state index in [9.17, 15) is 4.79 Å². The molecule has 0 amide bonds. The fourth-order valence-corrected chi connectivity index (χ4v) is 4.02. The first-order valence-corrected chi connectivity index (χ1v) is 9.87. The van der Waals surface area contributed by atoms with Crippen molar-refractivity contribution in [2.75, 3.05) is 6.61 Å². The summed E-state index contributed by atoms with van der Waals surface area (Å²) in [4.78, 5) is 27.6. The van der Waals surface area contributed by atoms with Gasteiger partial charge in [0, 0.05) is 13.2 Å². The maximum atomic E-state index is 13.4. The first kappa shape index (κ1) is 17.3. The highest BCUT2D eigenvalue weighted by atomic mass is 16.5. The highest BCUT2D eigenvalue weighted by Gasteiger charge is 2.22. The average molecular weight is 377 g/mol. The van der Waals surface area contributed by atoms with Crippen molar-refractivity contribution in [3.05, 3.63) is 40.9 Å². The zero-order valence-corrected chi connectivity index (χ0v) is 16.1. The number of ether oxygens (including phenoxy) is 1. The molecule has 1 aliphatic heterocycles. The number of aromatic nitrogens is 5. The average Bonchev–Trinajstić information content (AvgIpc) is 3.29. The van der Waals surface area contributed by atoms with E-state index in [2.05, 4.69) is 18.8 Å². The molecule has 1 aliphatic rings. The van der Waals surface area contributed by atoms with Gasteiger partial charge in [0.05, 0.1) is 30.0 Å². The third-order valence-corrected chi connectivity index (χ3v) is 5.29. The Morgan fingerprint density at radius 1 is 1.18 bits per heavy atom. The van der Waals surface area contributed by atoms with E-state index in [4.69, 9.17) is 14.7 Å². The molecule has 0 aliphatic carbocycles. The van der Waals surface area contributed by atoms with Gasteiger partial charge in [-0.05, 0) is 30.9 Å². The summed E-state index contributed by atoms with van der Waals surface area (Å²) in [5.74, 6) is 0.392. The second-order valence-electron chi connectivity index (χ2n) is 7.92. The first-order chi connectivity index (χ1) is 13.6. The molecular formula is C21H23N5O2. The molecule has 1 fully saturated rings. The quantitative estimate of drug-likeness (QED) is 0.546. The highest BCUT2D eigenvalue weighted by Crippen LogP contribution is 2.26. The standard InChI is InChI=1S/C21H23N5O2/c1-13(2)10-26-19-17(18-20(26)24-16-8-4-3-7-15(16)23-18)21(27)25(12-22-19)11-14-6-5-9-28-14/h3-4,7-8,12-14H,5-6,9-11H2,1-2H3/t14-/m1/s1. The Morgan fingerprint density at radius 3 is 2.68 bits per heavy atom. The molecule has 7 heteroatoms. The molecule has 28 heavy (non-hydrogen) atoms. The topological polar surface area (TPSA) is 74.8 Å². The number of benzene rings is 1. The fourth-order valence-electron chi connectivity index (χ4n) is 4.02. The summed E-state index contributed by atoms with van der Waals surface area (Å²) in [7, 11) is 0. The molecule has 4 aromatic rings. The lowest BCUT2D eigenvalue weighted by Crippen LogP contribution is -2.26. The maximum Gasteiger partial charge on any atom is 0.265 e. The van der Waals surface area contributed by atoms with E-state index in [0.29, 0.717) is 29.0 Å². The molecule has 0 radical (unpaired) electrons. The van der Waals surface area contributed by atoms with Crippen LogP contribution >= 0.6 is 0 Å². The van der Waals surface area contributed by atoms with E-state index in [1.807, 2.05) is 28.8 Å². The minimum atomic E-state index is -0.0717. The minimum absolute atomic E-state index is 0.0717. The molecule has 0 unspecified atom stereocenters. The SMILES string of the molecule is CC(C)Cn1c2nc3ccccc3nc2c2c(=O)n(C[C@H]3CCCO3)cnc21. The monoisotopic (exact) mass is 377 g/mol. The molecule has 7 nitrogen and oxygen atoms in total. The Morgan fingerprint density at radius 2 is 1.96 bits per heavy atom. The lowest BCUT2D eigenvalue weighted by Gasteiger charge is -2.12. The van der Waals surface area contributed by atoms with Crippen molar-refractivity contribution < 1.29 is 4.74 Å². The molecule has 3 aromatic heterocycles. The third kappa shape index (κ3) is 2.77. The Labute approximate surface area is 162 Å². The van der Waals surface area contributed by atoms with Crippen LogP contribution in [0.1, 0.15) is 26.7 Å². The number of rotatable bonds is 4. The van der Waals surface area contributed by atoms with Crippen molar-refractivity contribution in [2.24, 2.45) is 5.92 Å². The Balaban J connectivity index is 1.79. The van der Waals surface area contributed by atoms with Crippen molar-refractivity contribution in [3.63, 3.8) is 0 Å². The molecule has 1 saturated heterocycles. The van der Waals surface area contributed by atoms with E-state index in [1.165, 1.54) is 0 Å². The van der Waals surface area contributed by atoms with Crippen molar-refractivity contribution >= 4 is 33.2 Å². The van der Waals surface area contributed by atoms with E-state index in [-0.39, 0.29) is 11.7 Å². The number of fused-ring (bicyclic) bond motifs is 4. The van der Waals surface area contributed by atoms with Crippen LogP contribution in [0.4, 0.5) is 0 Å². The summed E-state index contributed by atoms with van der Waals surface area (Å²) in [6.45, 7) is 6.31. The molecule has 5 rings (SSSR count). The van der Waals surface area contributed by atoms with Crippen LogP contribution < -0.4 is 5.56 Å². The van der Waals surface area contributed by atoms with Gasteiger partial charge in [0.2, 0.25) is 0 Å². The number of para-hydroxylation sites is 2. The van der Waals surface area contributed by atoms with Gasteiger partial charge in [-0.25, -0.2) is 15.0 Å². The molecular weight excluding hydrogens is 354 g/mol. The van der Waals surface area contributed by atoms with Gasteiger partial charge in [0.1, 0.15) is 10.9 Å². The van der Waals surface area contributed by atoms with Gasteiger partial charge in [0.25, 0.3) is 5.56 Å². The Hall–Kier alpha value is -2.80. The lowest BCUT2D eigenvalue weighted by atomic mass is 10.2. The van der Waals surface area contributed by atoms with Gasteiger partial charge >= 0.3 is 0 Å². The zero-order valence-electron chi connectivity index (χ0n) is 16.1. The van der Waals surface area contributed by atoms with Gasteiger partial charge in [-0.1, -0.05) is 26.0 Å². The first-order valence-electron chi connectivity index (χ1n) is 9.87. The second kappa shape index (κ2) is 6.67. The molecule has 0 bridgehead atoms. The van der Waals surface area contributed by atoms with Gasteiger partial charge in [0.15, 0.2) is 11.3 Å². The molecule has 1 atom stereocenters. The maximum absolute atomic E-state index is 13.4. The van der Waals surface area contributed by atoms with Crippen LogP contribution in [0.3, 0.4) is 0 Å². The van der Waals surface area contributed by atoms with Gasteiger partial charge < -0.3 is 9.30 Å². The van der Waals surface area contributed by atoms with E-state index in [0.717, 1.165) is 42.7 Å². The zero-order chi connectivity index (χ0) is 19.3. The number of nitrogens with zero attached hydrogens (tertiary/aromatic N) is 5. The van der Waals surface area contributed by atoms with Crippen LogP contribution in [0.5, 0.6) is 0 Å². The van der Waals surface area contributed by atoms with Crippen LogP contribution in [0.25, 0.3) is 33.2 Å². The lowest BCUT2D eigenvalue weighted by molar-refractivity contribution is 0.0960. The molecule has 0 saturated carbocycles. The van der Waals surface area contributed by atoms with Gasteiger partial charge in [-0.3, -0.25) is 9.36 Å². The summed E-state index contributed by atoms with van der Waals surface area (Å²) >= 11 is 0. The van der Waals surface area contributed by atoms with E-state index >= 15 is 0 Å². The summed E-state index contributed by atoms with van der Waals surface area (Å²) in [5, 5.41) is 0.550. The Bertz CT molecular complexity index is 1230. The van der Waals surface area contributed by atoms with Crippen molar-refractivity contribution in [1.82, 2.24) is 24.1 Å². The summed E-state index contributed by atoms with van der Waals surface area (Å²) in [5.41, 5.74) is 3.55. The summed E-state index contributed by atoms with van der Waals surface area (Å²) in [6, 6.07) is 7.76. The summed E-state index contributed by atoms with van der Waals surface area (Å²) < 4.78 is 9.40. The van der Waals surface area contributed by atoms with Gasteiger partial charge in [-0.15, -0.1) is 0 Å². The molecule has 0 spiro atoms. The number of hydrogen-bond acceptors (Lipinski definition) is 5.